The molecule has 1 aliphatic heterocycles. The molecular weight excluding hydrogens is 408 g/mol. The fraction of sp³-hybridized carbons (Fsp3) is 0.280. The van der Waals surface area contributed by atoms with Crippen LogP contribution in [0.15, 0.2) is 66.7 Å². The van der Waals surface area contributed by atoms with Gasteiger partial charge in [0.05, 0.1) is 13.0 Å². The molecule has 0 aliphatic carbocycles. The van der Waals surface area contributed by atoms with E-state index in [1.165, 1.54) is 6.07 Å². The molecule has 0 saturated carbocycles. The van der Waals surface area contributed by atoms with E-state index in [1.54, 1.807) is 28.0 Å². The molecule has 1 heterocycles. The first-order valence-corrected chi connectivity index (χ1v) is 10.7. The lowest BCUT2D eigenvalue weighted by Gasteiger charge is -2.34. The Morgan fingerprint density at radius 1 is 0.812 bits per heavy atom. The van der Waals surface area contributed by atoms with Gasteiger partial charge in [-0.25, -0.2) is 0 Å². The predicted molar refractivity (Wildman–Crippen MR) is 121 cm³/mol. The van der Waals surface area contributed by atoms with Crippen LogP contribution in [0.5, 0.6) is 17.2 Å². The van der Waals surface area contributed by atoms with Gasteiger partial charge in [-0.1, -0.05) is 42.5 Å². The highest BCUT2D eigenvalue weighted by molar-refractivity contribution is 5.88. The molecule has 1 aliphatic rings. The zero-order chi connectivity index (χ0) is 22.3. The van der Waals surface area contributed by atoms with Crippen molar-refractivity contribution >= 4 is 22.6 Å². The number of carbonyl (C=O) groups is 2. The normalized spacial score (nSPS) is 13.8. The summed E-state index contributed by atoms with van der Waals surface area (Å²) in [5.74, 6) is 1.25. The summed E-state index contributed by atoms with van der Waals surface area (Å²) >= 11 is 0. The third-order valence-corrected chi connectivity index (χ3v) is 5.49. The second-order valence-corrected chi connectivity index (χ2v) is 7.62. The Hall–Kier alpha value is -3.74. The van der Waals surface area contributed by atoms with Crippen LogP contribution in [0.2, 0.25) is 0 Å². The summed E-state index contributed by atoms with van der Waals surface area (Å²) in [4.78, 5) is 28.5. The second kappa shape index (κ2) is 10.0. The van der Waals surface area contributed by atoms with E-state index in [2.05, 4.69) is 0 Å². The van der Waals surface area contributed by atoms with Gasteiger partial charge in [-0.05, 0) is 23.6 Å². The number of rotatable bonds is 7. The number of amides is 2. The van der Waals surface area contributed by atoms with Crippen LogP contribution in [-0.2, 0) is 9.59 Å². The van der Waals surface area contributed by atoms with Gasteiger partial charge >= 0.3 is 0 Å². The van der Waals surface area contributed by atoms with Crippen molar-refractivity contribution in [1.82, 2.24) is 9.80 Å². The number of ether oxygens (including phenoxy) is 2. The van der Waals surface area contributed by atoms with Crippen molar-refractivity contribution in [2.75, 3.05) is 39.4 Å². The number of fused-ring (bicyclic) bond motifs is 1. The Labute approximate surface area is 186 Å². The minimum absolute atomic E-state index is 0.00995. The number of nitrogens with zero attached hydrogens (tertiary/aromatic N) is 2. The van der Waals surface area contributed by atoms with Crippen molar-refractivity contribution in [3.8, 4) is 17.2 Å². The van der Waals surface area contributed by atoms with Crippen LogP contribution in [-0.4, -0.2) is 66.1 Å². The van der Waals surface area contributed by atoms with E-state index in [0.29, 0.717) is 37.7 Å². The van der Waals surface area contributed by atoms with Crippen molar-refractivity contribution in [3.63, 3.8) is 0 Å². The van der Waals surface area contributed by atoms with Crippen LogP contribution in [0.4, 0.5) is 0 Å². The summed E-state index contributed by atoms with van der Waals surface area (Å²) in [6.07, 6.45) is 0.244. The highest BCUT2D eigenvalue weighted by Gasteiger charge is 2.24. The monoisotopic (exact) mass is 434 g/mol. The van der Waals surface area contributed by atoms with E-state index >= 15 is 0 Å². The van der Waals surface area contributed by atoms with Crippen LogP contribution in [0.3, 0.4) is 0 Å². The van der Waals surface area contributed by atoms with Crippen molar-refractivity contribution in [3.05, 3.63) is 66.7 Å². The van der Waals surface area contributed by atoms with Gasteiger partial charge in [-0.15, -0.1) is 0 Å². The molecule has 7 heteroatoms. The number of hydrogen-bond donors (Lipinski definition) is 1. The van der Waals surface area contributed by atoms with E-state index in [4.69, 9.17) is 9.47 Å². The van der Waals surface area contributed by atoms with Crippen molar-refractivity contribution in [1.29, 1.82) is 0 Å². The average molecular weight is 434 g/mol. The quantitative estimate of drug-likeness (QED) is 0.618. The first kappa shape index (κ1) is 21.5. The number of carbonyl (C=O) groups excluding carboxylic acids is 2. The Morgan fingerprint density at radius 3 is 2.28 bits per heavy atom. The smallest absolute Gasteiger partial charge is 0.260 e. The first-order chi connectivity index (χ1) is 15.6. The van der Waals surface area contributed by atoms with Crippen LogP contribution in [0, 0.1) is 0 Å². The Balaban J connectivity index is 1.20. The summed E-state index contributed by atoms with van der Waals surface area (Å²) in [7, 11) is 0. The fourth-order valence-electron chi connectivity index (χ4n) is 3.75. The molecule has 3 aromatic rings. The van der Waals surface area contributed by atoms with Crippen molar-refractivity contribution < 1.29 is 24.2 Å². The fourth-order valence-corrected chi connectivity index (χ4v) is 3.75. The maximum atomic E-state index is 12.6. The molecule has 0 radical (unpaired) electrons. The van der Waals surface area contributed by atoms with Gasteiger partial charge in [-0.3, -0.25) is 9.59 Å². The van der Waals surface area contributed by atoms with Crippen LogP contribution < -0.4 is 9.47 Å². The van der Waals surface area contributed by atoms with E-state index < -0.39 is 0 Å². The van der Waals surface area contributed by atoms with Gasteiger partial charge < -0.3 is 24.4 Å². The van der Waals surface area contributed by atoms with E-state index in [1.807, 2.05) is 42.5 Å². The minimum Gasteiger partial charge on any atom is -0.508 e. The molecule has 0 spiro atoms. The molecule has 0 atom stereocenters. The number of hydrogen-bond acceptors (Lipinski definition) is 5. The molecule has 1 N–H and O–H groups in total. The Morgan fingerprint density at radius 2 is 1.50 bits per heavy atom. The highest BCUT2D eigenvalue weighted by atomic mass is 16.5. The molecule has 3 aromatic carbocycles. The third kappa shape index (κ3) is 5.29. The Bertz CT molecular complexity index is 1090. The molecule has 32 heavy (non-hydrogen) atoms. The van der Waals surface area contributed by atoms with Crippen LogP contribution >= 0.6 is 0 Å². The van der Waals surface area contributed by atoms with Crippen molar-refractivity contribution in [2.45, 2.75) is 6.42 Å². The average Bonchev–Trinajstić information content (AvgIpc) is 2.82. The molecule has 0 bridgehead atoms. The second-order valence-electron chi connectivity index (χ2n) is 7.62. The molecule has 2 amide bonds. The molecule has 166 valence electrons. The lowest BCUT2D eigenvalue weighted by atomic mass is 10.1. The topological polar surface area (TPSA) is 79.3 Å². The summed E-state index contributed by atoms with van der Waals surface area (Å²) in [6, 6.07) is 20.2. The van der Waals surface area contributed by atoms with E-state index in [9.17, 15) is 14.7 Å². The van der Waals surface area contributed by atoms with Gasteiger partial charge in [-0.2, -0.15) is 0 Å². The van der Waals surface area contributed by atoms with E-state index in [0.717, 1.165) is 10.8 Å². The van der Waals surface area contributed by atoms with E-state index in [-0.39, 0.29) is 37.2 Å². The SMILES string of the molecule is O=C(CCOc1cccc(O)c1)N1CCN(C(=O)COc2cccc3ccccc23)CC1. The maximum Gasteiger partial charge on any atom is 0.260 e. The number of benzene rings is 3. The third-order valence-electron chi connectivity index (χ3n) is 5.49. The summed E-state index contributed by atoms with van der Waals surface area (Å²) in [5.41, 5.74) is 0. The van der Waals surface area contributed by atoms with Gasteiger partial charge in [0.25, 0.3) is 5.91 Å². The first-order valence-electron chi connectivity index (χ1n) is 10.7. The predicted octanol–water partition coefficient (Wildman–Crippen LogP) is 3.06. The summed E-state index contributed by atoms with van der Waals surface area (Å²) < 4.78 is 11.3. The van der Waals surface area contributed by atoms with Gasteiger partial charge in [0.15, 0.2) is 6.61 Å². The largest absolute Gasteiger partial charge is 0.508 e. The molecule has 0 aromatic heterocycles. The van der Waals surface area contributed by atoms with Gasteiger partial charge in [0.1, 0.15) is 17.2 Å². The summed E-state index contributed by atoms with van der Waals surface area (Å²) in [5, 5.41) is 11.5. The van der Waals surface area contributed by atoms with Gasteiger partial charge in [0.2, 0.25) is 5.91 Å². The maximum absolute atomic E-state index is 12.6. The number of piperazine rings is 1. The van der Waals surface area contributed by atoms with Gasteiger partial charge in [0, 0.05) is 37.6 Å². The minimum atomic E-state index is -0.0859. The lowest BCUT2D eigenvalue weighted by molar-refractivity contribution is -0.141. The summed E-state index contributed by atoms with van der Waals surface area (Å²) in [6.45, 7) is 2.16. The number of phenolic OH excluding ortho intramolecular Hbond substituents is 1. The molecule has 4 rings (SSSR count). The molecule has 0 unspecified atom stereocenters. The zero-order valence-corrected chi connectivity index (χ0v) is 17.8. The zero-order valence-electron chi connectivity index (χ0n) is 17.8. The number of phenols is 1. The molecule has 7 nitrogen and oxygen atoms in total. The molecular formula is C25H26N2O5. The highest BCUT2D eigenvalue weighted by Crippen LogP contribution is 2.25. The molecule has 1 fully saturated rings. The van der Waals surface area contributed by atoms with Crippen LogP contribution in [0.25, 0.3) is 10.8 Å². The lowest BCUT2D eigenvalue weighted by Crippen LogP contribution is -2.51. The van der Waals surface area contributed by atoms with Crippen LogP contribution in [0.1, 0.15) is 6.42 Å². The van der Waals surface area contributed by atoms with Crippen molar-refractivity contribution in [2.24, 2.45) is 0 Å². The Kier molecular flexibility index (Phi) is 6.75. The molecule has 1 saturated heterocycles. The number of aromatic hydroxyl groups is 1. The standard InChI is InChI=1S/C25H26N2O5/c28-20-7-4-8-21(17-20)31-16-11-24(29)26-12-14-27(15-13-26)25(30)18-32-23-10-3-6-19-5-1-2-9-22(19)23/h1-10,17,28H,11-16,18H2.